The van der Waals surface area contributed by atoms with Gasteiger partial charge < -0.3 is 29.3 Å². The van der Waals surface area contributed by atoms with Crippen molar-refractivity contribution in [1.82, 2.24) is 4.90 Å². The van der Waals surface area contributed by atoms with E-state index < -0.39 is 31.0 Å². The zero-order valence-electron chi connectivity index (χ0n) is 35.5. The molecule has 2 N–H and O–H groups in total. The molecule has 0 spiro atoms. The molecule has 2 fully saturated rings. The van der Waals surface area contributed by atoms with E-state index in [0.717, 1.165) is 88.8 Å². The first-order valence-corrected chi connectivity index (χ1v) is 24.1. The van der Waals surface area contributed by atoms with Gasteiger partial charge in [0, 0.05) is 42.8 Å². The van der Waals surface area contributed by atoms with Gasteiger partial charge in [-0.3, -0.25) is 0 Å². The van der Waals surface area contributed by atoms with Crippen LogP contribution in [0, 0.1) is 23.2 Å². The van der Waals surface area contributed by atoms with Crippen LogP contribution >= 0.6 is 21.6 Å². The Bertz CT molecular complexity index is 1350. The second-order valence-electron chi connectivity index (χ2n) is 18.0. The molecule has 4 rings (SSSR count). The molecular weight excluding hydrogens is 801 g/mol. The smallest absolute Gasteiger partial charge is 0.426 e. The second-order valence-corrected chi connectivity index (χ2v) is 21.2. The molecule has 0 aromatic heterocycles. The van der Waals surface area contributed by atoms with E-state index in [1.807, 2.05) is 21.6 Å². The van der Waals surface area contributed by atoms with E-state index in [2.05, 4.69) is 55.7 Å². The summed E-state index contributed by atoms with van der Waals surface area (Å²) in [5, 5.41) is 18.4. The van der Waals surface area contributed by atoms with Crippen molar-refractivity contribution in [3.63, 3.8) is 0 Å². The minimum Gasteiger partial charge on any atom is -0.492 e. The number of aliphatic hydroxyl groups excluding tert-OH is 2. The van der Waals surface area contributed by atoms with Crippen LogP contribution in [0.5, 0.6) is 5.75 Å². The van der Waals surface area contributed by atoms with Gasteiger partial charge in [-0.25, -0.2) is 0 Å². The highest BCUT2D eigenvalue weighted by Crippen LogP contribution is 2.61. The van der Waals surface area contributed by atoms with Crippen molar-refractivity contribution in [2.45, 2.75) is 159 Å². The third kappa shape index (κ3) is 13.1. The Morgan fingerprint density at radius 3 is 2.29 bits per heavy atom. The van der Waals surface area contributed by atoms with Crippen LogP contribution in [0.2, 0.25) is 0 Å². The Morgan fingerprint density at radius 2 is 1.60 bits per heavy atom. The molecule has 0 aliphatic heterocycles. The maximum atomic E-state index is 13.6. The lowest BCUT2D eigenvalue weighted by molar-refractivity contribution is -0.383. The number of rotatable bonds is 26. The zero-order valence-corrected chi connectivity index (χ0v) is 37.2. The first-order chi connectivity index (χ1) is 27.4. The summed E-state index contributed by atoms with van der Waals surface area (Å²) in [6, 6.07) is 6.60. The minimum absolute atomic E-state index is 0.0281. The Balaban J connectivity index is 1.15. The predicted octanol–water partition coefficient (Wildman–Crippen LogP) is 11.4. The van der Waals surface area contributed by atoms with Crippen molar-refractivity contribution in [1.29, 1.82) is 0 Å². The fourth-order valence-corrected chi connectivity index (χ4v) is 12.5. The average molecular weight is 872 g/mol. The molecule has 3 aliphatic carbocycles. The number of ether oxygens (including phenoxy) is 3. The van der Waals surface area contributed by atoms with E-state index in [1.165, 1.54) is 30.9 Å². The molecule has 0 amide bonds. The molecule has 0 bridgehead atoms. The van der Waals surface area contributed by atoms with E-state index in [4.69, 9.17) is 9.47 Å². The highest BCUT2D eigenvalue weighted by Gasteiger charge is 2.71. The van der Waals surface area contributed by atoms with Gasteiger partial charge in [-0.1, -0.05) is 67.2 Å². The van der Waals surface area contributed by atoms with Crippen molar-refractivity contribution in [3.05, 3.63) is 29.3 Å². The quantitative estimate of drug-likeness (QED) is 0.0542. The molecule has 0 radical (unpaired) electrons. The van der Waals surface area contributed by atoms with Crippen molar-refractivity contribution in [2.24, 2.45) is 23.2 Å². The van der Waals surface area contributed by atoms with Crippen LogP contribution in [0.3, 0.4) is 0 Å². The fourth-order valence-electron chi connectivity index (χ4n) is 9.76. The van der Waals surface area contributed by atoms with Crippen molar-refractivity contribution in [3.8, 4) is 5.75 Å². The van der Waals surface area contributed by atoms with E-state index in [1.54, 1.807) is 0 Å². The monoisotopic (exact) mass is 871 g/mol. The van der Waals surface area contributed by atoms with Crippen LogP contribution in [-0.4, -0.2) is 103 Å². The number of benzene rings is 1. The lowest BCUT2D eigenvalue weighted by Crippen LogP contribution is -2.58. The van der Waals surface area contributed by atoms with Gasteiger partial charge in [0.2, 0.25) is 0 Å². The van der Waals surface area contributed by atoms with Gasteiger partial charge in [-0.15, -0.1) is 0 Å². The number of aliphatic hydroxyl groups is 2. The number of hydrogen-bond acceptors (Lipinski definition) is 8. The molecule has 3 aliphatic rings. The third-order valence-corrected chi connectivity index (χ3v) is 16.7. The van der Waals surface area contributed by atoms with Crippen LogP contribution in [0.1, 0.15) is 135 Å². The largest absolute Gasteiger partial charge is 0.492 e. The lowest BCUT2D eigenvalue weighted by atomic mass is 9.55. The van der Waals surface area contributed by atoms with Crippen LogP contribution in [0.15, 0.2) is 18.2 Å². The van der Waals surface area contributed by atoms with Gasteiger partial charge in [0.1, 0.15) is 12.4 Å². The number of alkyl halides is 6. The maximum Gasteiger partial charge on any atom is 0.426 e. The Hall–Kier alpha value is -0.900. The standard InChI is InChI=1S/C44H71F6NO5S2/c1-6-20-42(43(45,46)47,44(48,49)50)56-26-11-25-55-39-18-17-38-37-15-13-33-29-34(14-16-35(33)36(37)19-21-41(38,39)4)54-27-24-51(5)23-22-40(2,3)58-57-28-10-8-7-9-12-32(30-52)31-53/h14,16,29,32,36-39,52-53H,6-13,15,17-28,30-31H2,1-5H3/t36-,37-,38+,39+,41+/m1/s1. The highest BCUT2D eigenvalue weighted by atomic mass is 33.1. The van der Waals surface area contributed by atoms with E-state index in [0.29, 0.717) is 24.4 Å². The maximum absolute atomic E-state index is 13.6. The Kier molecular flexibility index (Phi) is 19.3. The van der Waals surface area contributed by atoms with Crippen molar-refractivity contribution < 1.29 is 50.8 Å². The van der Waals surface area contributed by atoms with Gasteiger partial charge in [0.05, 0.1) is 12.7 Å². The molecule has 6 nitrogen and oxygen atoms in total. The first-order valence-electron chi connectivity index (χ1n) is 21.8. The summed E-state index contributed by atoms with van der Waals surface area (Å²) in [4.78, 5) is 2.34. The van der Waals surface area contributed by atoms with E-state index in [-0.39, 0.29) is 54.8 Å². The van der Waals surface area contributed by atoms with Gasteiger partial charge >= 0.3 is 12.4 Å². The van der Waals surface area contributed by atoms with Crippen molar-refractivity contribution in [2.75, 3.05) is 58.9 Å². The first kappa shape index (κ1) is 49.8. The summed E-state index contributed by atoms with van der Waals surface area (Å²) in [6.45, 7) is 10.2. The Morgan fingerprint density at radius 1 is 0.879 bits per heavy atom. The molecule has 5 atom stereocenters. The summed E-state index contributed by atoms with van der Waals surface area (Å²) >= 11 is 0. The van der Waals surface area contributed by atoms with Crippen LogP contribution in [-0.2, 0) is 15.9 Å². The fraction of sp³-hybridized carbons (Fsp3) is 0.864. The number of nitrogens with zero attached hydrogens (tertiary/aromatic N) is 1. The summed E-state index contributed by atoms with van der Waals surface area (Å²) in [5.74, 6) is 3.52. The van der Waals surface area contributed by atoms with Gasteiger partial charge in [0.25, 0.3) is 5.60 Å². The molecule has 336 valence electrons. The molecule has 0 heterocycles. The third-order valence-electron chi connectivity index (χ3n) is 13.3. The molecule has 0 saturated heterocycles. The SMILES string of the molecule is CCCC(OCCCO[C@H]1CC[C@H]2[C@@H]3CCc4cc(OCCN(C)CCC(C)(C)SSCCCCCCC(CO)CO)ccc4[C@H]3CC[C@]12C)(C(F)(F)F)C(F)(F)F. The zero-order chi connectivity index (χ0) is 42.6. The number of halogens is 6. The van der Waals surface area contributed by atoms with Gasteiger partial charge in [-0.2, -0.15) is 26.3 Å². The van der Waals surface area contributed by atoms with Crippen molar-refractivity contribution >= 4 is 21.6 Å². The minimum atomic E-state index is -5.55. The molecule has 2 saturated carbocycles. The number of fused-ring (bicyclic) bond motifs is 5. The molecule has 1 aromatic rings. The van der Waals surface area contributed by atoms with E-state index >= 15 is 0 Å². The molecule has 0 unspecified atom stereocenters. The number of unbranched alkanes of at least 4 members (excludes halogenated alkanes) is 3. The highest BCUT2D eigenvalue weighted by molar-refractivity contribution is 8.77. The summed E-state index contributed by atoms with van der Waals surface area (Å²) in [7, 11) is 6.09. The molecule has 14 heteroatoms. The lowest BCUT2D eigenvalue weighted by Gasteiger charge is -2.50. The second kappa shape index (κ2) is 22.5. The number of hydrogen-bond donors (Lipinski definition) is 2. The summed E-state index contributed by atoms with van der Waals surface area (Å²) < 4.78 is 99.0. The van der Waals surface area contributed by atoms with Gasteiger partial charge in [0.15, 0.2) is 0 Å². The average Bonchev–Trinajstić information content (AvgIpc) is 3.50. The van der Waals surface area contributed by atoms with Crippen LogP contribution in [0.4, 0.5) is 26.3 Å². The van der Waals surface area contributed by atoms with Gasteiger partial charge in [-0.05, 0) is 144 Å². The molecule has 58 heavy (non-hydrogen) atoms. The number of aryl methyl sites for hydroxylation is 1. The molecular formula is C44H71F6NO5S2. The Labute approximate surface area is 352 Å². The van der Waals surface area contributed by atoms with E-state index in [9.17, 15) is 36.6 Å². The summed E-state index contributed by atoms with van der Waals surface area (Å²) in [5.41, 5.74) is -1.43. The van der Waals surface area contributed by atoms with Crippen LogP contribution in [0.25, 0.3) is 0 Å². The topological polar surface area (TPSA) is 71.4 Å². The molecule has 1 aromatic carbocycles. The summed E-state index contributed by atoms with van der Waals surface area (Å²) in [6.07, 6.45) is -0.154. The predicted molar refractivity (Wildman–Crippen MR) is 224 cm³/mol. The number of likely N-dealkylation sites (N-methyl/N-ethyl adjacent to an activating group) is 1. The van der Waals surface area contributed by atoms with Crippen LogP contribution < -0.4 is 4.74 Å². The normalized spacial score (nSPS) is 24.0.